The van der Waals surface area contributed by atoms with Crippen LogP contribution < -0.4 is 0 Å². The Bertz CT molecular complexity index is 703. The summed E-state index contributed by atoms with van der Waals surface area (Å²) < 4.78 is 4.68. The van der Waals surface area contributed by atoms with Crippen LogP contribution in [0.4, 0.5) is 0 Å². The van der Waals surface area contributed by atoms with Crippen LogP contribution in [0.1, 0.15) is 78.1 Å². The van der Waals surface area contributed by atoms with E-state index in [1.54, 1.807) is 12.2 Å². The second kappa shape index (κ2) is 15.5. The minimum Gasteiger partial charge on any atom is -0.458 e. The molecule has 178 valence electrons. The lowest BCUT2D eigenvalue weighted by molar-refractivity contribution is -0.145. The number of hydrogen-bond donors (Lipinski definition) is 1. The van der Waals surface area contributed by atoms with Crippen LogP contribution in [0.3, 0.4) is 0 Å². The van der Waals surface area contributed by atoms with Gasteiger partial charge in [0.2, 0.25) is 0 Å². The standard InChI is InChI=1S/C27H40O5/c1-4-6-7-12-19-27(31,5-2)20-13-14-23-17-18-26(30)25(23)16-11-9-8-10-15-24(29)21-32-22(3)28/h5,9,11,13-14,17-18,23,25,31H,2,4,6-8,10,12,15-16,19-21H2,1,3H3/b11-9-,14-13+/t23-,25+,27?/m0/s1. The molecule has 0 aromatic carbocycles. The molecule has 1 rings (SSSR count). The summed E-state index contributed by atoms with van der Waals surface area (Å²) in [5.41, 5.74) is -0.890. The van der Waals surface area contributed by atoms with E-state index in [1.807, 2.05) is 30.4 Å². The van der Waals surface area contributed by atoms with Crippen LogP contribution in [0.25, 0.3) is 0 Å². The number of rotatable bonds is 17. The van der Waals surface area contributed by atoms with Crippen LogP contribution in [0, 0.1) is 11.8 Å². The summed E-state index contributed by atoms with van der Waals surface area (Å²) in [6.07, 6.45) is 21.3. The molecule has 0 saturated heterocycles. The van der Waals surface area contributed by atoms with E-state index in [0.717, 1.165) is 19.3 Å². The summed E-state index contributed by atoms with van der Waals surface area (Å²) in [6.45, 7) is 7.09. The Hall–Kier alpha value is -2.27. The van der Waals surface area contributed by atoms with Crippen molar-refractivity contribution in [1.29, 1.82) is 0 Å². The lowest BCUT2D eigenvalue weighted by atomic mass is 9.88. The second-order valence-corrected chi connectivity index (χ2v) is 8.61. The molecule has 0 aliphatic heterocycles. The molecule has 0 heterocycles. The van der Waals surface area contributed by atoms with Crippen LogP contribution in [0.15, 0.2) is 49.1 Å². The number of carbonyl (C=O) groups is 3. The van der Waals surface area contributed by atoms with E-state index in [9.17, 15) is 19.5 Å². The first-order valence-electron chi connectivity index (χ1n) is 11.9. The van der Waals surface area contributed by atoms with Crippen molar-refractivity contribution < 1.29 is 24.2 Å². The van der Waals surface area contributed by atoms with Gasteiger partial charge in [-0.05, 0) is 38.2 Å². The number of hydrogen-bond acceptors (Lipinski definition) is 5. The Labute approximate surface area is 193 Å². The van der Waals surface area contributed by atoms with Crippen LogP contribution in [-0.4, -0.2) is 34.9 Å². The van der Waals surface area contributed by atoms with Gasteiger partial charge < -0.3 is 9.84 Å². The van der Waals surface area contributed by atoms with Crippen molar-refractivity contribution in [2.45, 2.75) is 83.7 Å². The molecule has 1 aliphatic rings. The third-order valence-corrected chi connectivity index (χ3v) is 5.81. The van der Waals surface area contributed by atoms with Gasteiger partial charge in [-0.15, -0.1) is 6.58 Å². The summed E-state index contributed by atoms with van der Waals surface area (Å²) >= 11 is 0. The molecule has 32 heavy (non-hydrogen) atoms. The second-order valence-electron chi connectivity index (χ2n) is 8.61. The van der Waals surface area contributed by atoms with Crippen molar-refractivity contribution in [2.24, 2.45) is 11.8 Å². The highest BCUT2D eigenvalue weighted by Crippen LogP contribution is 2.28. The fourth-order valence-corrected chi connectivity index (χ4v) is 3.73. The monoisotopic (exact) mass is 444 g/mol. The molecule has 5 nitrogen and oxygen atoms in total. The minimum atomic E-state index is -0.890. The number of esters is 1. The number of unbranched alkanes of at least 4 members (excludes halogenated alkanes) is 4. The van der Waals surface area contributed by atoms with E-state index in [2.05, 4.69) is 18.2 Å². The van der Waals surface area contributed by atoms with Gasteiger partial charge in [-0.1, -0.05) is 69.1 Å². The molecule has 0 bridgehead atoms. The van der Waals surface area contributed by atoms with Crippen molar-refractivity contribution in [3.63, 3.8) is 0 Å². The molecule has 0 amide bonds. The van der Waals surface area contributed by atoms with E-state index in [4.69, 9.17) is 0 Å². The van der Waals surface area contributed by atoms with Crippen LogP contribution in [0.5, 0.6) is 0 Å². The first kappa shape index (κ1) is 27.8. The van der Waals surface area contributed by atoms with Crippen molar-refractivity contribution in [3.8, 4) is 0 Å². The topological polar surface area (TPSA) is 80.7 Å². The van der Waals surface area contributed by atoms with Crippen LogP contribution in [0.2, 0.25) is 0 Å². The van der Waals surface area contributed by atoms with Gasteiger partial charge in [0, 0.05) is 25.2 Å². The number of ether oxygens (including phenoxy) is 1. The van der Waals surface area contributed by atoms with Crippen molar-refractivity contribution in [1.82, 2.24) is 0 Å². The van der Waals surface area contributed by atoms with E-state index >= 15 is 0 Å². The van der Waals surface area contributed by atoms with Gasteiger partial charge in [-0.25, -0.2) is 0 Å². The first-order chi connectivity index (χ1) is 15.3. The Morgan fingerprint density at radius 2 is 1.97 bits per heavy atom. The van der Waals surface area contributed by atoms with Gasteiger partial charge in [0.1, 0.15) is 6.61 Å². The Balaban J connectivity index is 2.41. The quantitative estimate of drug-likeness (QED) is 0.184. The maximum atomic E-state index is 12.2. The smallest absolute Gasteiger partial charge is 0.303 e. The predicted molar refractivity (Wildman–Crippen MR) is 128 cm³/mol. The number of aliphatic hydroxyl groups is 1. The summed E-state index contributed by atoms with van der Waals surface area (Å²) in [5, 5.41) is 10.7. The molecular formula is C27H40O5. The fraction of sp³-hybridized carbons (Fsp3) is 0.593. The Morgan fingerprint density at radius 1 is 1.19 bits per heavy atom. The average Bonchev–Trinajstić information content (AvgIpc) is 3.11. The van der Waals surface area contributed by atoms with Crippen molar-refractivity contribution >= 4 is 17.5 Å². The highest BCUT2D eigenvalue weighted by atomic mass is 16.5. The van der Waals surface area contributed by atoms with E-state index in [0.29, 0.717) is 32.1 Å². The number of allylic oxidation sites excluding steroid dienone is 5. The zero-order chi connectivity index (χ0) is 23.8. The zero-order valence-corrected chi connectivity index (χ0v) is 19.8. The minimum absolute atomic E-state index is 0.0339. The van der Waals surface area contributed by atoms with Gasteiger partial charge in [-0.3, -0.25) is 14.4 Å². The summed E-state index contributed by atoms with van der Waals surface area (Å²) in [7, 11) is 0. The third kappa shape index (κ3) is 11.4. The number of carbonyl (C=O) groups excluding carboxylic acids is 3. The highest BCUT2D eigenvalue weighted by Gasteiger charge is 2.27. The SMILES string of the molecule is C=CC(O)(C/C=C/[C@H]1C=CC(=O)[C@@H]1C/C=C\CCCC(=O)COC(C)=O)CCCCCC. The van der Waals surface area contributed by atoms with Gasteiger partial charge in [0.25, 0.3) is 0 Å². The summed E-state index contributed by atoms with van der Waals surface area (Å²) in [6, 6.07) is 0. The lowest BCUT2D eigenvalue weighted by Gasteiger charge is -2.23. The predicted octanol–water partition coefficient (Wildman–Crippen LogP) is 5.44. The van der Waals surface area contributed by atoms with Crippen LogP contribution >= 0.6 is 0 Å². The van der Waals surface area contributed by atoms with Gasteiger partial charge >= 0.3 is 5.97 Å². The van der Waals surface area contributed by atoms with E-state index < -0.39 is 11.6 Å². The summed E-state index contributed by atoms with van der Waals surface area (Å²) in [5.74, 6) is -0.489. The Morgan fingerprint density at radius 3 is 2.66 bits per heavy atom. The Kier molecular flexibility index (Phi) is 13.5. The third-order valence-electron chi connectivity index (χ3n) is 5.81. The van der Waals surface area contributed by atoms with E-state index in [-0.39, 0.29) is 30.0 Å². The number of ketones is 2. The fourth-order valence-electron chi connectivity index (χ4n) is 3.73. The lowest BCUT2D eigenvalue weighted by Crippen LogP contribution is -2.24. The first-order valence-corrected chi connectivity index (χ1v) is 11.9. The maximum Gasteiger partial charge on any atom is 0.303 e. The van der Waals surface area contributed by atoms with Crippen molar-refractivity contribution in [2.75, 3.05) is 6.61 Å². The average molecular weight is 445 g/mol. The normalized spacial score (nSPS) is 20.2. The molecule has 1 aliphatic carbocycles. The molecule has 0 saturated carbocycles. The molecule has 0 fully saturated rings. The molecule has 5 heteroatoms. The zero-order valence-electron chi connectivity index (χ0n) is 19.8. The molecule has 1 N–H and O–H groups in total. The maximum absolute atomic E-state index is 12.2. The summed E-state index contributed by atoms with van der Waals surface area (Å²) in [4.78, 5) is 34.5. The molecular weight excluding hydrogens is 404 g/mol. The van der Waals surface area contributed by atoms with Gasteiger partial charge in [-0.2, -0.15) is 0 Å². The molecule has 0 spiro atoms. The molecule has 1 unspecified atom stereocenters. The largest absolute Gasteiger partial charge is 0.458 e. The van der Waals surface area contributed by atoms with E-state index in [1.165, 1.54) is 19.8 Å². The molecule has 0 aromatic rings. The highest BCUT2D eigenvalue weighted by molar-refractivity contribution is 5.95. The molecule has 0 aromatic heterocycles. The van der Waals surface area contributed by atoms with Crippen LogP contribution in [-0.2, 0) is 19.1 Å². The number of Topliss-reactive ketones (excluding diaryl/α,β-unsaturated/α-hetero) is 1. The van der Waals surface area contributed by atoms with Crippen molar-refractivity contribution in [3.05, 3.63) is 49.1 Å². The molecule has 3 atom stereocenters. The van der Waals surface area contributed by atoms with Gasteiger partial charge in [0.15, 0.2) is 11.6 Å². The molecule has 0 radical (unpaired) electrons. The van der Waals surface area contributed by atoms with Gasteiger partial charge in [0.05, 0.1) is 5.60 Å².